The van der Waals surface area contributed by atoms with Gasteiger partial charge in [-0.05, 0) is 24.3 Å². The molecule has 2 aliphatic rings. The van der Waals surface area contributed by atoms with E-state index in [1.165, 1.54) is 0 Å². The van der Waals surface area contributed by atoms with Crippen LogP contribution in [0.4, 0.5) is 16.2 Å². The SMILES string of the molecule is Cl.NC[C@H]1CN(c2ccc(N3CCOCC3O)cc2)C(=O)O1. The summed E-state index contributed by atoms with van der Waals surface area (Å²) in [5.74, 6) is 0. The number of aliphatic hydroxyl groups is 1. The van der Waals surface area contributed by atoms with Crippen molar-refractivity contribution in [3.8, 4) is 0 Å². The minimum Gasteiger partial charge on any atom is -0.443 e. The van der Waals surface area contributed by atoms with Crippen molar-refractivity contribution in [2.75, 3.05) is 42.6 Å². The van der Waals surface area contributed by atoms with E-state index in [1.807, 2.05) is 29.2 Å². The van der Waals surface area contributed by atoms with Crippen LogP contribution in [0.15, 0.2) is 24.3 Å². The molecule has 1 aromatic rings. The second-order valence-corrected chi connectivity index (χ2v) is 5.12. The number of nitrogens with two attached hydrogens (primary N) is 1. The Balaban J connectivity index is 0.00000176. The van der Waals surface area contributed by atoms with Gasteiger partial charge in [-0.1, -0.05) is 0 Å². The van der Waals surface area contributed by atoms with Crippen molar-refractivity contribution in [3.05, 3.63) is 24.3 Å². The lowest BCUT2D eigenvalue weighted by molar-refractivity contribution is 0.00633. The third kappa shape index (κ3) is 3.27. The van der Waals surface area contributed by atoms with E-state index in [0.717, 1.165) is 11.4 Å². The maximum absolute atomic E-state index is 11.8. The van der Waals surface area contributed by atoms with Crippen molar-refractivity contribution in [3.63, 3.8) is 0 Å². The van der Waals surface area contributed by atoms with E-state index in [1.54, 1.807) is 4.90 Å². The lowest BCUT2D eigenvalue weighted by Crippen LogP contribution is -2.45. The Morgan fingerprint density at radius 1 is 1.27 bits per heavy atom. The molecule has 0 aliphatic carbocycles. The van der Waals surface area contributed by atoms with Crippen LogP contribution in [0.25, 0.3) is 0 Å². The van der Waals surface area contributed by atoms with Gasteiger partial charge < -0.3 is 25.2 Å². The van der Waals surface area contributed by atoms with E-state index in [-0.39, 0.29) is 24.6 Å². The average molecular weight is 330 g/mol. The van der Waals surface area contributed by atoms with Gasteiger partial charge in [0.15, 0.2) is 6.23 Å². The van der Waals surface area contributed by atoms with E-state index in [2.05, 4.69) is 0 Å². The maximum atomic E-state index is 11.8. The van der Waals surface area contributed by atoms with Gasteiger partial charge in [-0.15, -0.1) is 12.4 Å². The number of hydrogen-bond donors (Lipinski definition) is 2. The molecule has 122 valence electrons. The number of halogens is 1. The van der Waals surface area contributed by atoms with Gasteiger partial charge in [0, 0.05) is 24.5 Å². The number of anilines is 2. The van der Waals surface area contributed by atoms with Gasteiger partial charge in [0.2, 0.25) is 0 Å². The largest absolute Gasteiger partial charge is 0.443 e. The number of morpholine rings is 1. The quantitative estimate of drug-likeness (QED) is 0.842. The molecule has 8 heteroatoms. The first-order chi connectivity index (χ1) is 10.2. The van der Waals surface area contributed by atoms with Crippen LogP contribution in [0, 0.1) is 0 Å². The first-order valence-electron chi connectivity index (χ1n) is 7.00. The fourth-order valence-corrected chi connectivity index (χ4v) is 2.57. The zero-order valence-electron chi connectivity index (χ0n) is 12.1. The minimum absolute atomic E-state index is 0. The molecule has 0 saturated carbocycles. The molecule has 3 N–H and O–H groups in total. The van der Waals surface area contributed by atoms with Crippen LogP contribution < -0.4 is 15.5 Å². The van der Waals surface area contributed by atoms with Crippen LogP contribution in [0.3, 0.4) is 0 Å². The van der Waals surface area contributed by atoms with E-state index in [4.69, 9.17) is 15.2 Å². The van der Waals surface area contributed by atoms with Gasteiger partial charge in [-0.25, -0.2) is 4.79 Å². The topological polar surface area (TPSA) is 88.3 Å². The molecule has 1 aromatic carbocycles. The van der Waals surface area contributed by atoms with Crippen molar-refractivity contribution in [1.29, 1.82) is 0 Å². The predicted molar refractivity (Wildman–Crippen MR) is 84.5 cm³/mol. The fourth-order valence-electron chi connectivity index (χ4n) is 2.57. The van der Waals surface area contributed by atoms with E-state index in [0.29, 0.717) is 32.8 Å². The number of benzene rings is 1. The molecule has 1 amide bonds. The summed E-state index contributed by atoms with van der Waals surface area (Å²) in [6, 6.07) is 7.45. The van der Waals surface area contributed by atoms with Crippen LogP contribution in [0.2, 0.25) is 0 Å². The monoisotopic (exact) mass is 329 g/mol. The lowest BCUT2D eigenvalue weighted by atomic mass is 10.2. The second-order valence-electron chi connectivity index (χ2n) is 5.12. The minimum atomic E-state index is -0.636. The Morgan fingerprint density at radius 2 is 1.95 bits per heavy atom. The maximum Gasteiger partial charge on any atom is 0.414 e. The molecular weight excluding hydrogens is 310 g/mol. The normalized spacial score (nSPS) is 24.9. The van der Waals surface area contributed by atoms with Crippen LogP contribution in [0.1, 0.15) is 0 Å². The number of carbonyl (C=O) groups is 1. The van der Waals surface area contributed by atoms with Gasteiger partial charge in [-0.2, -0.15) is 0 Å². The number of carbonyl (C=O) groups excluding carboxylic acids is 1. The highest BCUT2D eigenvalue weighted by Gasteiger charge is 2.31. The summed E-state index contributed by atoms with van der Waals surface area (Å²) >= 11 is 0. The second kappa shape index (κ2) is 7.15. The number of rotatable bonds is 3. The molecule has 0 radical (unpaired) electrons. The standard InChI is InChI=1S/C14H19N3O4.ClH/c15-7-12-8-17(14(19)21-12)11-3-1-10(2-4-11)16-5-6-20-9-13(16)18;/h1-4,12-13,18H,5-9,15H2;1H/t12-,13?;/m0./s1. The first kappa shape index (κ1) is 16.8. The third-order valence-electron chi connectivity index (χ3n) is 3.73. The summed E-state index contributed by atoms with van der Waals surface area (Å²) < 4.78 is 10.3. The van der Waals surface area contributed by atoms with Crippen LogP contribution in [-0.2, 0) is 9.47 Å². The molecule has 2 aliphatic heterocycles. The van der Waals surface area contributed by atoms with Gasteiger partial charge in [0.1, 0.15) is 6.10 Å². The molecule has 0 aromatic heterocycles. The van der Waals surface area contributed by atoms with E-state index < -0.39 is 6.23 Å². The molecule has 7 nitrogen and oxygen atoms in total. The van der Waals surface area contributed by atoms with Crippen LogP contribution in [-0.4, -0.2) is 56.4 Å². The summed E-state index contributed by atoms with van der Waals surface area (Å²) in [5.41, 5.74) is 7.19. The van der Waals surface area contributed by atoms with Crippen molar-refractivity contribution in [1.82, 2.24) is 0 Å². The molecule has 2 atom stereocenters. The summed E-state index contributed by atoms with van der Waals surface area (Å²) in [4.78, 5) is 15.2. The summed E-state index contributed by atoms with van der Waals surface area (Å²) in [7, 11) is 0. The summed E-state index contributed by atoms with van der Waals surface area (Å²) in [5, 5.41) is 9.91. The molecule has 0 bridgehead atoms. The highest BCUT2D eigenvalue weighted by Crippen LogP contribution is 2.26. The van der Waals surface area contributed by atoms with Gasteiger partial charge in [-0.3, -0.25) is 4.90 Å². The van der Waals surface area contributed by atoms with Crippen LogP contribution in [0.5, 0.6) is 0 Å². The Labute approximate surface area is 135 Å². The summed E-state index contributed by atoms with van der Waals surface area (Å²) in [6.45, 7) is 2.32. The Morgan fingerprint density at radius 3 is 2.55 bits per heavy atom. The van der Waals surface area contributed by atoms with Crippen molar-refractivity contribution in [2.24, 2.45) is 5.73 Å². The molecule has 2 saturated heterocycles. The molecule has 22 heavy (non-hydrogen) atoms. The van der Waals surface area contributed by atoms with Crippen molar-refractivity contribution in [2.45, 2.75) is 12.3 Å². The molecular formula is C14H20ClN3O4. The zero-order valence-corrected chi connectivity index (χ0v) is 12.9. The fraction of sp³-hybridized carbons (Fsp3) is 0.500. The number of nitrogens with zero attached hydrogens (tertiary/aromatic N) is 2. The molecule has 2 heterocycles. The highest BCUT2D eigenvalue weighted by molar-refractivity contribution is 5.90. The van der Waals surface area contributed by atoms with Crippen molar-refractivity contribution >= 4 is 29.9 Å². The smallest absolute Gasteiger partial charge is 0.414 e. The van der Waals surface area contributed by atoms with E-state index in [9.17, 15) is 9.90 Å². The number of ether oxygens (including phenoxy) is 2. The number of amides is 1. The Hall–Kier alpha value is -1.54. The number of cyclic esters (lactones) is 1. The zero-order chi connectivity index (χ0) is 14.8. The molecule has 1 unspecified atom stereocenters. The summed E-state index contributed by atoms with van der Waals surface area (Å²) in [6.07, 6.45) is -1.26. The lowest BCUT2D eigenvalue weighted by Gasteiger charge is -2.34. The number of aliphatic hydroxyl groups excluding tert-OH is 1. The molecule has 0 spiro atoms. The van der Waals surface area contributed by atoms with Crippen LogP contribution >= 0.6 is 12.4 Å². The Kier molecular flexibility index (Phi) is 5.47. The van der Waals surface area contributed by atoms with E-state index >= 15 is 0 Å². The number of hydrogen-bond acceptors (Lipinski definition) is 6. The molecule has 2 fully saturated rings. The predicted octanol–water partition coefficient (Wildman–Crippen LogP) is 0.547. The highest BCUT2D eigenvalue weighted by atomic mass is 35.5. The third-order valence-corrected chi connectivity index (χ3v) is 3.73. The van der Waals surface area contributed by atoms with Gasteiger partial charge >= 0.3 is 6.09 Å². The van der Waals surface area contributed by atoms with Gasteiger partial charge in [0.25, 0.3) is 0 Å². The van der Waals surface area contributed by atoms with Gasteiger partial charge in [0.05, 0.1) is 19.8 Å². The molecule has 3 rings (SSSR count). The average Bonchev–Trinajstić information content (AvgIpc) is 2.89. The first-order valence-corrected chi connectivity index (χ1v) is 7.00. The Bertz CT molecular complexity index is 513. The van der Waals surface area contributed by atoms with Crippen molar-refractivity contribution < 1.29 is 19.4 Å².